The summed E-state index contributed by atoms with van der Waals surface area (Å²) >= 11 is 0. The van der Waals surface area contributed by atoms with Crippen molar-refractivity contribution in [3.05, 3.63) is 29.3 Å². The Morgan fingerprint density at radius 3 is 2.47 bits per heavy atom. The van der Waals surface area contributed by atoms with E-state index in [2.05, 4.69) is 32.0 Å². The van der Waals surface area contributed by atoms with Gasteiger partial charge in [-0.05, 0) is 43.9 Å². The fourth-order valence-electron chi connectivity index (χ4n) is 1.77. The van der Waals surface area contributed by atoms with Gasteiger partial charge in [0, 0.05) is 6.42 Å². The Labute approximate surface area is 104 Å². The quantitative estimate of drug-likeness (QED) is 0.773. The molecule has 94 valence electrons. The van der Waals surface area contributed by atoms with Crippen LogP contribution in [0.5, 0.6) is 5.75 Å². The largest absolute Gasteiger partial charge is 0.490 e. The van der Waals surface area contributed by atoms with Crippen molar-refractivity contribution in [1.29, 1.82) is 0 Å². The zero-order chi connectivity index (χ0) is 13.0. The van der Waals surface area contributed by atoms with Gasteiger partial charge in [-0.15, -0.1) is 0 Å². The second kappa shape index (κ2) is 5.85. The van der Waals surface area contributed by atoms with Crippen LogP contribution in [0.3, 0.4) is 0 Å². The monoisotopic (exact) mass is 234 g/mol. The topological polar surface area (TPSA) is 26.3 Å². The lowest BCUT2D eigenvalue weighted by Crippen LogP contribution is -2.16. The summed E-state index contributed by atoms with van der Waals surface area (Å²) in [5.41, 5.74) is 2.38. The molecule has 0 saturated heterocycles. The second-order valence-corrected chi connectivity index (χ2v) is 5.01. The molecule has 1 aromatic carbocycles. The first kappa shape index (κ1) is 13.8. The molecule has 2 heteroatoms. The van der Waals surface area contributed by atoms with Gasteiger partial charge in [-0.2, -0.15) is 0 Å². The molecule has 0 fully saturated rings. The van der Waals surface area contributed by atoms with E-state index < -0.39 is 0 Å². The van der Waals surface area contributed by atoms with E-state index in [-0.39, 0.29) is 11.9 Å². The van der Waals surface area contributed by atoms with E-state index in [4.69, 9.17) is 4.74 Å². The third-order valence-electron chi connectivity index (χ3n) is 2.78. The zero-order valence-corrected chi connectivity index (χ0v) is 11.4. The van der Waals surface area contributed by atoms with E-state index in [9.17, 15) is 4.79 Å². The molecule has 0 heterocycles. The van der Waals surface area contributed by atoms with Crippen molar-refractivity contribution < 1.29 is 9.53 Å². The first-order chi connectivity index (χ1) is 7.90. The summed E-state index contributed by atoms with van der Waals surface area (Å²) in [6, 6.07) is 6.28. The van der Waals surface area contributed by atoms with Crippen LogP contribution in [0.4, 0.5) is 0 Å². The zero-order valence-electron chi connectivity index (χ0n) is 11.4. The second-order valence-electron chi connectivity index (χ2n) is 5.01. The molecule has 0 aromatic heterocycles. The van der Waals surface area contributed by atoms with Gasteiger partial charge in [0.05, 0.1) is 0 Å². The number of benzene rings is 1. The first-order valence-electron chi connectivity index (χ1n) is 6.16. The van der Waals surface area contributed by atoms with Crippen molar-refractivity contribution in [2.45, 2.75) is 53.1 Å². The summed E-state index contributed by atoms with van der Waals surface area (Å²) in [6.07, 6.45) is 0.402. The molecule has 17 heavy (non-hydrogen) atoms. The first-order valence-corrected chi connectivity index (χ1v) is 6.16. The number of hydrogen-bond donors (Lipinski definition) is 0. The molecule has 0 aliphatic carbocycles. The summed E-state index contributed by atoms with van der Waals surface area (Å²) in [4.78, 5) is 11.0. The normalized spacial score (nSPS) is 12.6. The van der Waals surface area contributed by atoms with Crippen LogP contribution in [0.1, 0.15) is 51.2 Å². The standard InChI is InChI=1S/C15H22O2/c1-10(2)14-7-6-11(3)15(9-14)17-13(5)8-12(4)16/h6-7,9-10,13H,8H2,1-5H3. The Hall–Kier alpha value is -1.31. The van der Waals surface area contributed by atoms with E-state index in [0.29, 0.717) is 12.3 Å². The predicted molar refractivity (Wildman–Crippen MR) is 70.7 cm³/mol. The Morgan fingerprint density at radius 1 is 1.29 bits per heavy atom. The predicted octanol–water partition coefficient (Wildman–Crippen LogP) is 3.86. The number of ether oxygens (including phenoxy) is 1. The van der Waals surface area contributed by atoms with Crippen LogP contribution in [0.25, 0.3) is 0 Å². The molecule has 0 aliphatic heterocycles. The van der Waals surface area contributed by atoms with E-state index in [1.165, 1.54) is 5.56 Å². The summed E-state index contributed by atoms with van der Waals surface area (Å²) in [5, 5.41) is 0. The van der Waals surface area contributed by atoms with Gasteiger partial charge in [0.1, 0.15) is 17.6 Å². The summed E-state index contributed by atoms with van der Waals surface area (Å²) in [5.74, 6) is 1.54. The van der Waals surface area contributed by atoms with Gasteiger partial charge in [-0.3, -0.25) is 4.79 Å². The van der Waals surface area contributed by atoms with Gasteiger partial charge >= 0.3 is 0 Å². The van der Waals surface area contributed by atoms with Crippen LogP contribution in [0.2, 0.25) is 0 Å². The minimum absolute atomic E-state index is 0.0615. The molecule has 0 saturated carbocycles. The molecule has 0 amide bonds. The molecule has 0 aliphatic rings. The SMILES string of the molecule is CC(=O)CC(C)Oc1cc(C(C)C)ccc1C. The minimum atomic E-state index is -0.0615. The lowest BCUT2D eigenvalue weighted by atomic mass is 10.0. The number of ketones is 1. The van der Waals surface area contributed by atoms with Crippen molar-refractivity contribution >= 4 is 5.78 Å². The molecule has 1 aromatic rings. The Balaban J connectivity index is 2.82. The molecule has 1 rings (SSSR count). The van der Waals surface area contributed by atoms with Gasteiger partial charge in [0.2, 0.25) is 0 Å². The van der Waals surface area contributed by atoms with Gasteiger partial charge in [0.25, 0.3) is 0 Å². The van der Waals surface area contributed by atoms with Gasteiger partial charge < -0.3 is 4.74 Å². The fourth-order valence-corrected chi connectivity index (χ4v) is 1.77. The molecule has 0 radical (unpaired) electrons. The molecule has 1 atom stereocenters. The lowest BCUT2D eigenvalue weighted by molar-refractivity contribution is -0.118. The third kappa shape index (κ3) is 4.22. The summed E-state index contributed by atoms with van der Waals surface area (Å²) < 4.78 is 5.83. The average molecular weight is 234 g/mol. The Bertz CT molecular complexity index is 394. The average Bonchev–Trinajstić information content (AvgIpc) is 2.19. The van der Waals surface area contributed by atoms with E-state index in [1.807, 2.05) is 13.8 Å². The van der Waals surface area contributed by atoms with Gasteiger partial charge in [-0.1, -0.05) is 26.0 Å². The number of rotatable bonds is 5. The molecule has 0 N–H and O–H groups in total. The fraction of sp³-hybridized carbons (Fsp3) is 0.533. The molecule has 0 spiro atoms. The highest BCUT2D eigenvalue weighted by molar-refractivity contribution is 5.75. The van der Waals surface area contributed by atoms with Crippen LogP contribution in [0.15, 0.2) is 18.2 Å². The maximum absolute atomic E-state index is 11.0. The van der Waals surface area contributed by atoms with Crippen molar-refractivity contribution in [3.8, 4) is 5.75 Å². The number of carbonyl (C=O) groups excluding carboxylic acids is 1. The van der Waals surface area contributed by atoms with Crippen LogP contribution in [-0.4, -0.2) is 11.9 Å². The smallest absolute Gasteiger partial charge is 0.133 e. The van der Waals surface area contributed by atoms with Crippen molar-refractivity contribution in [2.24, 2.45) is 0 Å². The van der Waals surface area contributed by atoms with Crippen LogP contribution in [-0.2, 0) is 4.79 Å². The van der Waals surface area contributed by atoms with Crippen LogP contribution < -0.4 is 4.74 Å². The third-order valence-corrected chi connectivity index (χ3v) is 2.78. The molecule has 0 bridgehead atoms. The van der Waals surface area contributed by atoms with Crippen molar-refractivity contribution in [3.63, 3.8) is 0 Å². The number of hydrogen-bond acceptors (Lipinski definition) is 2. The van der Waals surface area contributed by atoms with Crippen molar-refractivity contribution in [2.75, 3.05) is 0 Å². The van der Waals surface area contributed by atoms with Gasteiger partial charge in [-0.25, -0.2) is 0 Å². The van der Waals surface area contributed by atoms with E-state index in [0.717, 1.165) is 11.3 Å². The van der Waals surface area contributed by atoms with E-state index >= 15 is 0 Å². The minimum Gasteiger partial charge on any atom is -0.490 e. The molecule has 1 unspecified atom stereocenters. The molecular weight excluding hydrogens is 212 g/mol. The van der Waals surface area contributed by atoms with Gasteiger partial charge in [0.15, 0.2) is 0 Å². The maximum Gasteiger partial charge on any atom is 0.133 e. The molecule has 2 nitrogen and oxygen atoms in total. The lowest BCUT2D eigenvalue weighted by Gasteiger charge is -2.17. The highest BCUT2D eigenvalue weighted by atomic mass is 16.5. The molecular formula is C15H22O2. The Morgan fingerprint density at radius 2 is 1.94 bits per heavy atom. The van der Waals surface area contributed by atoms with Crippen LogP contribution in [0, 0.1) is 6.92 Å². The number of aryl methyl sites for hydroxylation is 1. The highest BCUT2D eigenvalue weighted by Gasteiger charge is 2.10. The number of Topliss-reactive ketones (excluding diaryl/α,β-unsaturated/α-hetero) is 1. The van der Waals surface area contributed by atoms with Crippen molar-refractivity contribution in [1.82, 2.24) is 0 Å². The van der Waals surface area contributed by atoms with E-state index in [1.54, 1.807) is 6.92 Å². The van der Waals surface area contributed by atoms with Crippen LogP contribution >= 0.6 is 0 Å². The Kier molecular flexibility index (Phi) is 4.73. The highest BCUT2D eigenvalue weighted by Crippen LogP contribution is 2.25. The maximum atomic E-state index is 11.0. The summed E-state index contributed by atoms with van der Waals surface area (Å²) in [6.45, 7) is 9.88. The summed E-state index contributed by atoms with van der Waals surface area (Å²) in [7, 11) is 0. The number of carbonyl (C=O) groups is 1.